The summed E-state index contributed by atoms with van der Waals surface area (Å²) in [6.07, 6.45) is 3.39. The predicted molar refractivity (Wildman–Crippen MR) is 105 cm³/mol. The molecule has 1 aromatic rings. The number of hydrogen-bond acceptors (Lipinski definition) is 5. The van der Waals surface area contributed by atoms with Crippen LogP contribution in [0.2, 0.25) is 5.02 Å². The fourth-order valence-corrected chi connectivity index (χ4v) is 3.56. The molecule has 1 fully saturated rings. The van der Waals surface area contributed by atoms with Crippen LogP contribution in [0.5, 0.6) is 0 Å². The number of benzene rings is 1. The van der Waals surface area contributed by atoms with Crippen LogP contribution in [0, 0.1) is 0 Å². The van der Waals surface area contributed by atoms with E-state index in [0.717, 1.165) is 22.2 Å². The number of amides is 3. The largest absolute Gasteiger partial charge is 0.354 e. The Morgan fingerprint density at radius 2 is 2.04 bits per heavy atom. The Hall–Kier alpha value is -1.70. The van der Waals surface area contributed by atoms with E-state index in [1.807, 2.05) is 0 Å². The SMILES string of the molecule is C=CCSCC(=O)NCCN1C(=O)S/C(=C\c2ccc(Cl)cc2)C1=O. The zero-order valence-corrected chi connectivity index (χ0v) is 15.8. The minimum absolute atomic E-state index is 0.129. The highest BCUT2D eigenvalue weighted by atomic mass is 35.5. The van der Waals surface area contributed by atoms with Crippen molar-refractivity contribution in [2.75, 3.05) is 24.6 Å². The molecule has 0 spiro atoms. The Morgan fingerprint density at radius 3 is 2.72 bits per heavy atom. The van der Waals surface area contributed by atoms with Crippen LogP contribution in [0.3, 0.4) is 0 Å². The van der Waals surface area contributed by atoms with Gasteiger partial charge in [0.2, 0.25) is 5.91 Å². The van der Waals surface area contributed by atoms with Crippen molar-refractivity contribution in [3.05, 3.63) is 52.4 Å². The maximum atomic E-state index is 12.3. The van der Waals surface area contributed by atoms with Gasteiger partial charge in [-0.1, -0.05) is 29.8 Å². The van der Waals surface area contributed by atoms with Crippen molar-refractivity contribution in [3.8, 4) is 0 Å². The number of imide groups is 1. The first-order valence-corrected chi connectivity index (χ1v) is 9.82. The average Bonchev–Trinajstić information content (AvgIpc) is 2.84. The van der Waals surface area contributed by atoms with E-state index in [2.05, 4.69) is 11.9 Å². The lowest BCUT2D eigenvalue weighted by Crippen LogP contribution is -2.37. The van der Waals surface area contributed by atoms with Gasteiger partial charge in [0.05, 0.1) is 10.7 Å². The number of nitrogens with one attached hydrogen (secondary N) is 1. The average molecular weight is 397 g/mol. The molecule has 0 radical (unpaired) electrons. The summed E-state index contributed by atoms with van der Waals surface area (Å²) in [7, 11) is 0. The fourth-order valence-electron chi connectivity index (χ4n) is 2.00. The molecule has 1 aromatic carbocycles. The number of carbonyl (C=O) groups excluding carboxylic acids is 3. The summed E-state index contributed by atoms with van der Waals surface area (Å²) in [4.78, 5) is 37.4. The smallest absolute Gasteiger partial charge is 0.293 e. The Bertz CT molecular complexity index is 704. The maximum Gasteiger partial charge on any atom is 0.293 e. The summed E-state index contributed by atoms with van der Waals surface area (Å²) >= 11 is 8.17. The molecule has 1 heterocycles. The number of halogens is 1. The van der Waals surface area contributed by atoms with Crippen LogP contribution in [0.1, 0.15) is 5.56 Å². The molecule has 0 aromatic heterocycles. The molecular formula is C17H17ClN2O3S2. The van der Waals surface area contributed by atoms with Crippen LogP contribution in [0.15, 0.2) is 41.8 Å². The number of nitrogens with zero attached hydrogens (tertiary/aromatic N) is 1. The Labute approximate surface area is 159 Å². The first-order valence-electron chi connectivity index (χ1n) is 7.47. The van der Waals surface area contributed by atoms with Crippen LogP contribution in [0.4, 0.5) is 4.79 Å². The van der Waals surface area contributed by atoms with Crippen molar-refractivity contribution in [2.45, 2.75) is 0 Å². The summed E-state index contributed by atoms with van der Waals surface area (Å²) in [5.74, 6) is 0.548. The highest BCUT2D eigenvalue weighted by molar-refractivity contribution is 8.18. The van der Waals surface area contributed by atoms with E-state index in [4.69, 9.17) is 11.6 Å². The normalized spacial score (nSPS) is 15.7. The lowest BCUT2D eigenvalue weighted by molar-refractivity contribution is -0.123. The van der Waals surface area contributed by atoms with Crippen molar-refractivity contribution in [3.63, 3.8) is 0 Å². The third-order valence-electron chi connectivity index (χ3n) is 3.17. The molecule has 1 aliphatic rings. The molecular weight excluding hydrogens is 380 g/mol. The van der Waals surface area contributed by atoms with E-state index in [0.29, 0.717) is 21.4 Å². The van der Waals surface area contributed by atoms with Crippen molar-refractivity contribution in [1.82, 2.24) is 10.2 Å². The first-order chi connectivity index (χ1) is 12.0. The van der Waals surface area contributed by atoms with Gasteiger partial charge in [0, 0.05) is 23.9 Å². The van der Waals surface area contributed by atoms with Crippen LogP contribution >= 0.6 is 35.1 Å². The molecule has 0 aliphatic carbocycles. The third kappa shape index (κ3) is 5.95. The van der Waals surface area contributed by atoms with E-state index in [9.17, 15) is 14.4 Å². The van der Waals surface area contributed by atoms with Gasteiger partial charge in [-0.3, -0.25) is 19.3 Å². The highest BCUT2D eigenvalue weighted by Gasteiger charge is 2.34. The van der Waals surface area contributed by atoms with Gasteiger partial charge < -0.3 is 5.32 Å². The molecule has 0 saturated carbocycles. The van der Waals surface area contributed by atoms with E-state index in [-0.39, 0.29) is 30.1 Å². The molecule has 0 unspecified atom stereocenters. The van der Waals surface area contributed by atoms with Gasteiger partial charge in [-0.2, -0.15) is 0 Å². The van der Waals surface area contributed by atoms with Gasteiger partial charge in [-0.15, -0.1) is 18.3 Å². The van der Waals surface area contributed by atoms with E-state index < -0.39 is 0 Å². The molecule has 3 amide bonds. The Balaban J connectivity index is 1.87. The van der Waals surface area contributed by atoms with Crippen molar-refractivity contribution in [2.24, 2.45) is 0 Å². The lowest BCUT2D eigenvalue weighted by atomic mass is 10.2. The number of hydrogen-bond donors (Lipinski definition) is 1. The predicted octanol–water partition coefficient (Wildman–Crippen LogP) is 3.41. The maximum absolute atomic E-state index is 12.3. The molecule has 1 aliphatic heterocycles. The molecule has 2 rings (SSSR count). The van der Waals surface area contributed by atoms with Crippen LogP contribution in [0.25, 0.3) is 6.08 Å². The van der Waals surface area contributed by atoms with Gasteiger partial charge in [0.1, 0.15) is 0 Å². The standard InChI is InChI=1S/C17H17ClN2O3S2/c1-2-9-24-11-15(21)19-7-8-20-16(22)14(25-17(20)23)10-12-3-5-13(18)6-4-12/h2-6,10H,1,7-9,11H2,(H,19,21)/b14-10-. The summed E-state index contributed by atoms with van der Waals surface area (Å²) in [5.41, 5.74) is 0.794. The molecule has 0 atom stereocenters. The van der Waals surface area contributed by atoms with Crippen molar-refractivity contribution < 1.29 is 14.4 Å². The second-order valence-electron chi connectivity index (χ2n) is 5.04. The van der Waals surface area contributed by atoms with Crippen molar-refractivity contribution in [1.29, 1.82) is 0 Å². The second kappa shape index (κ2) is 9.70. The van der Waals surface area contributed by atoms with Crippen molar-refractivity contribution >= 4 is 58.3 Å². The lowest BCUT2D eigenvalue weighted by Gasteiger charge is -2.12. The molecule has 25 heavy (non-hydrogen) atoms. The Kier molecular flexibility index (Phi) is 7.61. The van der Waals surface area contributed by atoms with E-state index >= 15 is 0 Å². The molecule has 5 nitrogen and oxygen atoms in total. The monoisotopic (exact) mass is 396 g/mol. The molecule has 1 saturated heterocycles. The topological polar surface area (TPSA) is 66.5 Å². The van der Waals surface area contributed by atoms with E-state index in [1.54, 1.807) is 36.4 Å². The van der Waals surface area contributed by atoms with Gasteiger partial charge in [-0.25, -0.2) is 0 Å². The van der Waals surface area contributed by atoms with Crippen LogP contribution < -0.4 is 5.32 Å². The quantitative estimate of drug-likeness (QED) is 0.414. The molecule has 8 heteroatoms. The molecule has 1 N–H and O–H groups in total. The number of thioether (sulfide) groups is 2. The first kappa shape index (κ1) is 19.6. The highest BCUT2D eigenvalue weighted by Crippen LogP contribution is 2.32. The third-order valence-corrected chi connectivity index (χ3v) is 5.26. The summed E-state index contributed by atoms with van der Waals surface area (Å²) < 4.78 is 0. The van der Waals surface area contributed by atoms with Gasteiger partial charge in [0.25, 0.3) is 11.1 Å². The Morgan fingerprint density at radius 1 is 1.32 bits per heavy atom. The fraction of sp³-hybridized carbons (Fsp3) is 0.235. The van der Waals surface area contributed by atoms with Crippen LogP contribution in [-0.4, -0.2) is 46.5 Å². The minimum Gasteiger partial charge on any atom is -0.354 e. The zero-order valence-electron chi connectivity index (χ0n) is 13.4. The van der Waals surface area contributed by atoms with Crippen LogP contribution in [-0.2, 0) is 9.59 Å². The minimum atomic E-state index is -0.347. The van der Waals surface area contributed by atoms with E-state index in [1.165, 1.54) is 11.8 Å². The van der Waals surface area contributed by atoms with Gasteiger partial charge in [0.15, 0.2) is 0 Å². The van der Waals surface area contributed by atoms with Gasteiger partial charge >= 0.3 is 0 Å². The summed E-state index contributed by atoms with van der Waals surface area (Å²) in [6.45, 7) is 3.97. The zero-order chi connectivity index (χ0) is 18.2. The van der Waals surface area contributed by atoms with Gasteiger partial charge in [-0.05, 0) is 35.5 Å². The number of carbonyl (C=O) groups is 3. The molecule has 132 valence electrons. The second-order valence-corrected chi connectivity index (χ2v) is 7.50. The molecule has 0 bridgehead atoms. The number of rotatable bonds is 8. The summed E-state index contributed by atoms with van der Waals surface area (Å²) in [5, 5.41) is 2.97. The summed E-state index contributed by atoms with van der Waals surface area (Å²) in [6, 6.07) is 6.99.